The number of carbonyl (C=O) groups excluding carboxylic acids is 1. The SMILES string of the molecule is COc1cc(NC(C)=O)ccc1Nc1ncc(C(F)(F)F)c(N[C@@H]2Cc3ccccc3[C@H]2N(C)S(C)(=O)=O)n1. The second-order valence-corrected chi connectivity index (χ2v) is 11.1. The standard InChI is InChI=1S/C25H27F3N6O4S/c1-14(35)30-16-9-10-19(21(12-16)38-3)32-24-29-13-18(25(26,27)28)23(33-24)31-20-11-15-7-5-6-8-17(15)22(20)34(2)39(4,36)37/h5-10,12-13,20,22H,11H2,1-4H3,(H,30,35)(H2,29,31,32,33)/t20-,22-/m1/s1. The fourth-order valence-electron chi connectivity index (χ4n) is 4.49. The zero-order valence-electron chi connectivity index (χ0n) is 21.5. The molecule has 0 fully saturated rings. The van der Waals surface area contributed by atoms with Crippen LogP contribution < -0.4 is 20.7 Å². The molecular weight excluding hydrogens is 537 g/mol. The molecule has 10 nitrogen and oxygen atoms in total. The smallest absolute Gasteiger partial charge is 0.421 e. The third-order valence-corrected chi connectivity index (χ3v) is 7.57. The van der Waals surface area contributed by atoms with Gasteiger partial charge in [0.15, 0.2) is 0 Å². The predicted octanol–water partition coefficient (Wildman–Crippen LogP) is 4.18. The Morgan fingerprint density at radius 2 is 1.90 bits per heavy atom. The van der Waals surface area contributed by atoms with Crippen molar-refractivity contribution in [2.45, 2.75) is 31.6 Å². The van der Waals surface area contributed by atoms with Crippen LogP contribution in [0.3, 0.4) is 0 Å². The molecule has 0 bridgehead atoms. The topological polar surface area (TPSA) is 126 Å². The molecular formula is C25H27F3N6O4S. The van der Waals surface area contributed by atoms with Gasteiger partial charge in [-0.25, -0.2) is 13.4 Å². The van der Waals surface area contributed by atoms with E-state index >= 15 is 0 Å². The first kappa shape index (κ1) is 28.1. The molecule has 2 aromatic carbocycles. The molecule has 3 aromatic rings. The number of ether oxygens (including phenoxy) is 1. The van der Waals surface area contributed by atoms with Crippen molar-refractivity contribution in [1.82, 2.24) is 14.3 Å². The number of nitrogens with one attached hydrogen (secondary N) is 3. The summed E-state index contributed by atoms with van der Waals surface area (Å²) in [7, 11) is -0.883. The number of halogens is 3. The quantitative estimate of drug-likeness (QED) is 0.372. The van der Waals surface area contributed by atoms with E-state index in [1.54, 1.807) is 30.3 Å². The third kappa shape index (κ3) is 6.23. The monoisotopic (exact) mass is 564 g/mol. The van der Waals surface area contributed by atoms with Crippen LogP contribution in [-0.2, 0) is 27.4 Å². The van der Waals surface area contributed by atoms with Crippen molar-refractivity contribution in [2.24, 2.45) is 0 Å². The molecule has 3 N–H and O–H groups in total. The molecule has 208 valence electrons. The van der Waals surface area contributed by atoms with Gasteiger partial charge in [-0.2, -0.15) is 22.5 Å². The Bertz CT molecular complexity index is 1500. The molecule has 2 atom stereocenters. The van der Waals surface area contributed by atoms with Crippen molar-refractivity contribution < 1.29 is 31.1 Å². The van der Waals surface area contributed by atoms with Gasteiger partial charge < -0.3 is 20.7 Å². The number of nitrogens with zero attached hydrogens (tertiary/aromatic N) is 3. The zero-order valence-corrected chi connectivity index (χ0v) is 22.3. The number of amides is 1. The van der Waals surface area contributed by atoms with E-state index in [4.69, 9.17) is 4.74 Å². The van der Waals surface area contributed by atoms with Crippen LogP contribution >= 0.6 is 0 Å². The number of benzene rings is 2. The second kappa shape index (κ2) is 10.7. The maximum Gasteiger partial charge on any atom is 0.421 e. The number of aromatic nitrogens is 2. The molecule has 39 heavy (non-hydrogen) atoms. The molecule has 0 saturated carbocycles. The molecule has 1 aliphatic rings. The Labute approximate surface area is 223 Å². The van der Waals surface area contributed by atoms with E-state index in [9.17, 15) is 26.4 Å². The average molecular weight is 565 g/mol. The molecule has 0 radical (unpaired) electrons. The van der Waals surface area contributed by atoms with Crippen LogP contribution in [0, 0.1) is 0 Å². The highest BCUT2D eigenvalue weighted by Gasteiger charge is 2.41. The normalized spacial score (nSPS) is 17.0. The van der Waals surface area contributed by atoms with Gasteiger partial charge in [0.05, 0.1) is 31.1 Å². The third-order valence-electron chi connectivity index (χ3n) is 6.29. The van der Waals surface area contributed by atoms with Crippen molar-refractivity contribution in [3.05, 3.63) is 65.4 Å². The highest BCUT2D eigenvalue weighted by Crippen LogP contribution is 2.41. The largest absolute Gasteiger partial charge is 0.494 e. The average Bonchev–Trinajstić information content (AvgIpc) is 3.20. The summed E-state index contributed by atoms with van der Waals surface area (Å²) in [6.07, 6.45) is -2.79. The molecule has 4 rings (SSSR count). The van der Waals surface area contributed by atoms with Gasteiger partial charge in [-0.15, -0.1) is 0 Å². The van der Waals surface area contributed by atoms with E-state index < -0.39 is 39.7 Å². The van der Waals surface area contributed by atoms with E-state index in [0.717, 1.165) is 16.1 Å². The van der Waals surface area contributed by atoms with Gasteiger partial charge in [0.2, 0.25) is 21.9 Å². The van der Waals surface area contributed by atoms with Gasteiger partial charge in [-0.3, -0.25) is 4.79 Å². The Morgan fingerprint density at radius 3 is 2.54 bits per heavy atom. The maximum atomic E-state index is 14.0. The summed E-state index contributed by atoms with van der Waals surface area (Å²) in [5.41, 5.74) is 1.23. The minimum atomic E-state index is -4.78. The number of alkyl halides is 3. The summed E-state index contributed by atoms with van der Waals surface area (Å²) >= 11 is 0. The highest BCUT2D eigenvalue weighted by molar-refractivity contribution is 7.88. The number of hydrogen-bond acceptors (Lipinski definition) is 8. The van der Waals surface area contributed by atoms with Crippen LogP contribution in [0.5, 0.6) is 5.75 Å². The van der Waals surface area contributed by atoms with E-state index in [2.05, 4.69) is 25.9 Å². The van der Waals surface area contributed by atoms with E-state index in [1.165, 1.54) is 27.1 Å². The van der Waals surface area contributed by atoms with Gasteiger partial charge >= 0.3 is 6.18 Å². The van der Waals surface area contributed by atoms with Gasteiger partial charge in [0.1, 0.15) is 17.1 Å². The number of carbonyl (C=O) groups is 1. The molecule has 0 aliphatic heterocycles. The van der Waals surface area contributed by atoms with Crippen LogP contribution in [0.15, 0.2) is 48.7 Å². The summed E-state index contributed by atoms with van der Waals surface area (Å²) in [5, 5.41) is 8.32. The fourth-order valence-corrected chi connectivity index (χ4v) is 5.16. The van der Waals surface area contributed by atoms with Crippen molar-refractivity contribution in [3.63, 3.8) is 0 Å². The van der Waals surface area contributed by atoms with E-state index in [-0.39, 0.29) is 18.3 Å². The first-order valence-electron chi connectivity index (χ1n) is 11.7. The minimum absolute atomic E-state index is 0.153. The lowest BCUT2D eigenvalue weighted by Gasteiger charge is -2.30. The number of fused-ring (bicyclic) bond motifs is 1. The molecule has 0 saturated heterocycles. The summed E-state index contributed by atoms with van der Waals surface area (Å²) in [4.78, 5) is 19.3. The summed E-state index contributed by atoms with van der Waals surface area (Å²) in [6, 6.07) is 10.3. The van der Waals surface area contributed by atoms with E-state index in [0.29, 0.717) is 28.9 Å². The fraction of sp³-hybridized carbons (Fsp3) is 0.320. The van der Waals surface area contributed by atoms with Crippen LogP contribution in [0.4, 0.5) is 36.3 Å². The summed E-state index contributed by atoms with van der Waals surface area (Å²) in [6.45, 7) is 1.35. The molecule has 1 heterocycles. The molecule has 1 amide bonds. The Kier molecular flexibility index (Phi) is 7.70. The van der Waals surface area contributed by atoms with Crippen LogP contribution in [0.2, 0.25) is 0 Å². The Balaban J connectivity index is 1.70. The molecule has 1 aliphatic carbocycles. The number of sulfonamides is 1. The zero-order chi connectivity index (χ0) is 28.5. The van der Waals surface area contributed by atoms with Crippen molar-refractivity contribution in [1.29, 1.82) is 0 Å². The first-order valence-corrected chi connectivity index (χ1v) is 13.6. The van der Waals surface area contributed by atoms with E-state index in [1.807, 2.05) is 6.07 Å². The van der Waals surface area contributed by atoms with Crippen LogP contribution in [0.1, 0.15) is 29.7 Å². The highest BCUT2D eigenvalue weighted by atomic mass is 32.2. The van der Waals surface area contributed by atoms with Gasteiger partial charge in [-0.05, 0) is 29.7 Å². The lowest BCUT2D eigenvalue weighted by Crippen LogP contribution is -2.39. The number of hydrogen-bond donors (Lipinski definition) is 3. The summed E-state index contributed by atoms with van der Waals surface area (Å²) in [5.74, 6) is -0.646. The van der Waals surface area contributed by atoms with Crippen molar-refractivity contribution >= 4 is 39.1 Å². The number of methoxy groups -OCH3 is 1. The van der Waals surface area contributed by atoms with Crippen LogP contribution in [-0.4, -0.2) is 55.1 Å². The maximum absolute atomic E-state index is 14.0. The lowest BCUT2D eigenvalue weighted by atomic mass is 10.1. The van der Waals surface area contributed by atoms with Crippen molar-refractivity contribution in [3.8, 4) is 5.75 Å². The molecule has 1 aromatic heterocycles. The van der Waals surface area contributed by atoms with Crippen molar-refractivity contribution in [2.75, 3.05) is 36.4 Å². The van der Waals surface area contributed by atoms with Gasteiger partial charge in [0, 0.05) is 31.9 Å². The first-order chi connectivity index (χ1) is 18.3. The Morgan fingerprint density at radius 1 is 1.18 bits per heavy atom. The molecule has 14 heteroatoms. The van der Waals surface area contributed by atoms with Crippen LogP contribution in [0.25, 0.3) is 0 Å². The van der Waals surface area contributed by atoms with Gasteiger partial charge in [-0.1, -0.05) is 24.3 Å². The molecule has 0 unspecified atom stereocenters. The number of anilines is 4. The predicted molar refractivity (Wildman–Crippen MR) is 141 cm³/mol. The minimum Gasteiger partial charge on any atom is -0.494 e. The van der Waals surface area contributed by atoms with Gasteiger partial charge in [0.25, 0.3) is 0 Å². The number of rotatable bonds is 8. The summed E-state index contributed by atoms with van der Waals surface area (Å²) < 4.78 is 73.1. The lowest BCUT2D eigenvalue weighted by molar-refractivity contribution is -0.137. The molecule has 0 spiro atoms. The number of likely N-dealkylation sites (N-methyl/N-ethyl adjacent to an activating group) is 1. The Hall–Kier alpha value is -3.91. The second-order valence-electron chi connectivity index (χ2n) is 9.05.